The number of hydrogen-bond acceptors (Lipinski definition) is 5. The zero-order valence-electron chi connectivity index (χ0n) is 13.3. The summed E-state index contributed by atoms with van der Waals surface area (Å²) in [6.07, 6.45) is 6.82. The predicted octanol–water partition coefficient (Wildman–Crippen LogP) is 3.12. The van der Waals surface area contributed by atoms with E-state index in [1.807, 2.05) is 49.4 Å². The lowest BCUT2D eigenvalue weighted by molar-refractivity contribution is -0.140. The van der Waals surface area contributed by atoms with E-state index in [1.165, 1.54) is 0 Å². The fraction of sp³-hybridized carbons (Fsp3) is 0.167. The molecule has 128 valence electrons. The van der Waals surface area contributed by atoms with Gasteiger partial charge in [-0.05, 0) is 31.2 Å². The molecule has 1 unspecified atom stereocenters. The number of benzene rings is 1. The van der Waals surface area contributed by atoms with E-state index in [4.69, 9.17) is 22.1 Å². The van der Waals surface area contributed by atoms with Crippen molar-refractivity contribution in [3.05, 3.63) is 64.6 Å². The second-order valence-electron chi connectivity index (χ2n) is 5.55. The van der Waals surface area contributed by atoms with Gasteiger partial charge in [-0.3, -0.25) is 14.5 Å². The second-order valence-corrected chi connectivity index (χ2v) is 7.23. The van der Waals surface area contributed by atoms with E-state index in [2.05, 4.69) is 0 Å². The Bertz CT molecular complexity index is 841. The number of hydrogen-bond donors (Lipinski definition) is 1. The Morgan fingerprint density at radius 1 is 1.48 bits per heavy atom. The maximum atomic E-state index is 12.3. The molecular weight excluding hydrogens is 358 g/mol. The molecular formula is C18H15NO4S2. The zero-order chi connectivity index (χ0) is 18.0. The molecule has 0 spiro atoms. The van der Waals surface area contributed by atoms with Crippen LogP contribution in [0.3, 0.4) is 0 Å². The van der Waals surface area contributed by atoms with Crippen LogP contribution in [0.25, 0.3) is 5.76 Å². The highest BCUT2D eigenvalue weighted by molar-refractivity contribution is 8.26. The SMILES string of the molecule is Cc1cccc(C2=CC=CC(/C=C3\SC(=S)N(CC(=O)O)C3=O)O2)c1. The van der Waals surface area contributed by atoms with Gasteiger partial charge in [-0.25, -0.2) is 0 Å². The van der Waals surface area contributed by atoms with Gasteiger partial charge in [0.15, 0.2) is 0 Å². The van der Waals surface area contributed by atoms with Crippen LogP contribution in [-0.2, 0) is 14.3 Å². The van der Waals surface area contributed by atoms with E-state index >= 15 is 0 Å². The minimum absolute atomic E-state index is 0.243. The van der Waals surface area contributed by atoms with Gasteiger partial charge in [0.2, 0.25) is 0 Å². The van der Waals surface area contributed by atoms with Crippen molar-refractivity contribution in [2.45, 2.75) is 13.0 Å². The number of ether oxygens (including phenoxy) is 1. The van der Waals surface area contributed by atoms with Gasteiger partial charge < -0.3 is 9.84 Å². The van der Waals surface area contributed by atoms with E-state index in [0.29, 0.717) is 10.7 Å². The molecule has 1 aromatic carbocycles. The van der Waals surface area contributed by atoms with E-state index in [0.717, 1.165) is 27.8 Å². The number of carboxylic acids is 1. The molecule has 1 fully saturated rings. The quantitative estimate of drug-likeness (QED) is 0.646. The molecule has 0 bridgehead atoms. The Balaban J connectivity index is 1.76. The standard InChI is InChI=1S/C18H15NO4S2/c1-11-4-2-5-12(8-11)14-7-3-6-13(23-14)9-15-17(22)19(10-16(20)21)18(24)25-15/h2-9,13H,10H2,1H3,(H,20,21)/b15-9-. The summed E-state index contributed by atoms with van der Waals surface area (Å²) >= 11 is 6.18. The topological polar surface area (TPSA) is 66.8 Å². The number of amides is 1. The van der Waals surface area contributed by atoms with Crippen molar-refractivity contribution in [1.29, 1.82) is 0 Å². The third-order valence-corrected chi connectivity index (χ3v) is 4.99. The molecule has 5 nitrogen and oxygen atoms in total. The van der Waals surface area contributed by atoms with Gasteiger partial charge in [-0.1, -0.05) is 53.8 Å². The number of carbonyl (C=O) groups is 2. The molecule has 1 N–H and O–H groups in total. The van der Waals surface area contributed by atoms with E-state index < -0.39 is 24.5 Å². The number of carbonyl (C=O) groups excluding carboxylic acids is 1. The van der Waals surface area contributed by atoms with E-state index in [-0.39, 0.29) is 4.32 Å². The molecule has 2 aliphatic rings. The van der Waals surface area contributed by atoms with Crippen molar-refractivity contribution in [1.82, 2.24) is 4.90 Å². The van der Waals surface area contributed by atoms with Crippen molar-refractivity contribution in [3.63, 3.8) is 0 Å². The average Bonchev–Trinajstić information content (AvgIpc) is 2.82. The summed E-state index contributed by atoms with van der Waals surface area (Å²) in [6.45, 7) is 1.58. The Hall–Kier alpha value is -2.38. The number of nitrogens with zero attached hydrogens (tertiary/aromatic N) is 1. The minimum Gasteiger partial charge on any atom is -0.482 e. The summed E-state index contributed by atoms with van der Waals surface area (Å²) in [6, 6.07) is 7.95. The van der Waals surface area contributed by atoms with Crippen LogP contribution in [0.15, 0.2) is 53.5 Å². The fourth-order valence-electron chi connectivity index (χ4n) is 2.46. The number of thioether (sulfide) groups is 1. The van der Waals surface area contributed by atoms with Crippen LogP contribution in [-0.4, -0.2) is 38.9 Å². The molecule has 1 saturated heterocycles. The van der Waals surface area contributed by atoms with Gasteiger partial charge in [0.25, 0.3) is 5.91 Å². The molecule has 0 aliphatic carbocycles. The van der Waals surface area contributed by atoms with Gasteiger partial charge in [-0.2, -0.15) is 0 Å². The average molecular weight is 373 g/mol. The third kappa shape index (κ3) is 4.00. The smallest absolute Gasteiger partial charge is 0.323 e. The second kappa shape index (κ2) is 7.25. The normalized spacial score (nSPS) is 21.5. The summed E-state index contributed by atoms with van der Waals surface area (Å²) in [4.78, 5) is 24.6. The fourth-order valence-corrected chi connectivity index (χ4v) is 3.73. The molecule has 7 heteroatoms. The maximum absolute atomic E-state index is 12.3. The highest BCUT2D eigenvalue weighted by atomic mass is 32.2. The molecule has 25 heavy (non-hydrogen) atoms. The summed E-state index contributed by atoms with van der Waals surface area (Å²) in [5, 5.41) is 8.87. The van der Waals surface area contributed by atoms with Gasteiger partial charge in [0, 0.05) is 5.56 Å². The van der Waals surface area contributed by atoms with Crippen LogP contribution < -0.4 is 0 Å². The molecule has 0 saturated carbocycles. The maximum Gasteiger partial charge on any atom is 0.323 e. The van der Waals surface area contributed by atoms with Crippen molar-refractivity contribution in [2.75, 3.05) is 6.54 Å². The first-order valence-corrected chi connectivity index (χ1v) is 8.76. The molecule has 1 aromatic rings. The van der Waals surface area contributed by atoms with Crippen LogP contribution in [0.5, 0.6) is 0 Å². The highest BCUT2D eigenvalue weighted by Gasteiger charge is 2.34. The molecule has 0 aromatic heterocycles. The Labute approximate surface area is 154 Å². The lowest BCUT2D eigenvalue weighted by atomic mass is 10.1. The predicted molar refractivity (Wildman–Crippen MR) is 101 cm³/mol. The first-order chi connectivity index (χ1) is 11.9. The van der Waals surface area contributed by atoms with Crippen molar-refractivity contribution in [3.8, 4) is 0 Å². The summed E-state index contributed by atoms with van der Waals surface area (Å²) in [5.74, 6) is -0.787. The minimum atomic E-state index is -1.10. The number of thiocarbonyl (C=S) groups is 1. The Morgan fingerprint density at radius 3 is 3.00 bits per heavy atom. The number of aliphatic carboxylic acids is 1. The zero-order valence-corrected chi connectivity index (χ0v) is 15.0. The molecule has 0 radical (unpaired) electrons. The first-order valence-electron chi connectivity index (χ1n) is 7.53. The Kier molecular flexibility index (Phi) is 5.06. The summed E-state index contributed by atoms with van der Waals surface area (Å²) < 4.78 is 6.19. The molecule has 1 atom stereocenters. The van der Waals surface area contributed by atoms with Crippen molar-refractivity contribution < 1.29 is 19.4 Å². The van der Waals surface area contributed by atoms with Crippen LogP contribution in [0.1, 0.15) is 11.1 Å². The summed E-state index contributed by atoms with van der Waals surface area (Å²) in [5.41, 5.74) is 2.09. The number of carboxylic acid groups (broad SMARTS) is 1. The lowest BCUT2D eigenvalue weighted by Crippen LogP contribution is -2.33. The molecule has 2 aliphatic heterocycles. The van der Waals surface area contributed by atoms with Gasteiger partial charge in [0.1, 0.15) is 22.7 Å². The van der Waals surface area contributed by atoms with Crippen LogP contribution in [0.4, 0.5) is 0 Å². The van der Waals surface area contributed by atoms with Gasteiger partial charge in [0.05, 0.1) is 4.91 Å². The third-order valence-electron chi connectivity index (χ3n) is 3.60. The highest BCUT2D eigenvalue weighted by Crippen LogP contribution is 2.32. The van der Waals surface area contributed by atoms with E-state index in [1.54, 1.807) is 6.08 Å². The summed E-state index contributed by atoms with van der Waals surface area (Å²) in [7, 11) is 0. The van der Waals surface area contributed by atoms with Gasteiger partial charge in [-0.15, -0.1) is 0 Å². The Morgan fingerprint density at radius 2 is 2.28 bits per heavy atom. The van der Waals surface area contributed by atoms with Crippen LogP contribution >= 0.6 is 24.0 Å². The number of aryl methyl sites for hydroxylation is 1. The number of rotatable bonds is 4. The molecule has 2 heterocycles. The monoisotopic (exact) mass is 373 g/mol. The lowest BCUT2D eigenvalue weighted by Gasteiger charge is -2.19. The van der Waals surface area contributed by atoms with Crippen LogP contribution in [0, 0.1) is 6.92 Å². The first kappa shape index (κ1) is 17.4. The van der Waals surface area contributed by atoms with Gasteiger partial charge >= 0.3 is 5.97 Å². The molecule has 1 amide bonds. The van der Waals surface area contributed by atoms with Crippen LogP contribution in [0.2, 0.25) is 0 Å². The number of allylic oxidation sites excluding steroid dienone is 2. The van der Waals surface area contributed by atoms with E-state index in [9.17, 15) is 9.59 Å². The molecule has 3 rings (SSSR count). The van der Waals surface area contributed by atoms with Crippen molar-refractivity contribution in [2.24, 2.45) is 0 Å². The van der Waals surface area contributed by atoms with Crippen molar-refractivity contribution >= 4 is 45.9 Å². The largest absolute Gasteiger partial charge is 0.482 e.